The van der Waals surface area contributed by atoms with Crippen LogP contribution in [0.25, 0.3) is 11.2 Å². The quantitative estimate of drug-likeness (QED) is 0.208. The fourth-order valence-electron chi connectivity index (χ4n) is 4.64. The van der Waals surface area contributed by atoms with Gasteiger partial charge in [-0.3, -0.25) is 9.32 Å². The highest BCUT2D eigenvalue weighted by Crippen LogP contribution is 2.49. The fourth-order valence-corrected chi connectivity index (χ4v) is 6.17. The molecule has 1 aromatic carbocycles. The molecule has 0 aliphatic heterocycles. The number of carbonyl (C=O) groups excluding carboxylic acids is 1. The number of benzene rings is 1. The number of nitrogen functional groups attached to an aromatic ring is 2. The van der Waals surface area contributed by atoms with Gasteiger partial charge in [-0.2, -0.15) is 15.1 Å². The number of esters is 1. The third kappa shape index (κ3) is 6.14. The van der Waals surface area contributed by atoms with Gasteiger partial charge in [0.1, 0.15) is 23.5 Å². The first-order chi connectivity index (χ1) is 18.4. The summed E-state index contributed by atoms with van der Waals surface area (Å²) < 4.78 is 47.3. The second kappa shape index (κ2) is 11.4. The van der Waals surface area contributed by atoms with Gasteiger partial charge in [0.2, 0.25) is 5.95 Å². The molecule has 6 N–H and O–H groups in total. The smallest absolute Gasteiger partial charge is 0.459 e. The Bertz CT molecular complexity index is 1360. The molecule has 1 aliphatic rings. The molecule has 1 aliphatic carbocycles. The molecule has 7 atom stereocenters. The molecule has 39 heavy (non-hydrogen) atoms. The number of aliphatic hydroxyl groups excluding tert-OH is 1. The van der Waals surface area contributed by atoms with Gasteiger partial charge >= 0.3 is 13.7 Å². The molecule has 4 rings (SSSR count). The van der Waals surface area contributed by atoms with E-state index in [-0.39, 0.29) is 41.4 Å². The van der Waals surface area contributed by atoms with E-state index < -0.39 is 49.9 Å². The number of nitrogens with two attached hydrogens (primary N) is 2. The summed E-state index contributed by atoms with van der Waals surface area (Å²) in [5, 5.41) is 13.4. The second-order valence-corrected chi connectivity index (χ2v) is 11.5. The van der Waals surface area contributed by atoms with Crippen molar-refractivity contribution < 1.29 is 32.6 Å². The highest BCUT2D eigenvalue weighted by molar-refractivity contribution is 7.52. The molecular formula is C24H33FN7O6P. The van der Waals surface area contributed by atoms with E-state index in [2.05, 4.69) is 20.0 Å². The number of nitrogens with zero attached hydrogens (tertiary/aromatic N) is 4. The first-order valence-electron chi connectivity index (χ1n) is 12.5. The highest BCUT2D eigenvalue weighted by Gasteiger charge is 2.51. The molecule has 0 saturated heterocycles. The molecule has 0 radical (unpaired) electrons. The van der Waals surface area contributed by atoms with Crippen molar-refractivity contribution in [2.24, 2.45) is 11.8 Å². The first kappa shape index (κ1) is 28.7. The zero-order valence-electron chi connectivity index (χ0n) is 22.0. The number of anilines is 2. The van der Waals surface area contributed by atoms with E-state index >= 15 is 4.39 Å². The standard InChI is InChI=1S/C24H33FN7O6P/c1-12(2)37-23(34)14(4)31-39(35,38-15-8-6-5-7-9-15)36-10-16-13(3)19(17(25)20(16)33)32-11-28-18-21(26)29-24(27)30-22(18)32/h5-9,11-14,16-17,19-20,33H,10H2,1-4H3,(H,31,35)(H4,26,27,29,30)/t13-,14-,16-,17+,19+,20+,39-/m0/s1. The van der Waals surface area contributed by atoms with E-state index in [0.717, 1.165) is 0 Å². The molecule has 13 nitrogen and oxygen atoms in total. The molecule has 0 unspecified atom stereocenters. The highest BCUT2D eigenvalue weighted by atomic mass is 31.2. The average Bonchev–Trinajstić information content (AvgIpc) is 3.36. The van der Waals surface area contributed by atoms with Crippen LogP contribution in [-0.4, -0.2) is 61.6 Å². The molecule has 212 valence electrons. The van der Waals surface area contributed by atoms with Crippen LogP contribution in [-0.2, 0) is 18.6 Å². The Morgan fingerprint density at radius 3 is 2.59 bits per heavy atom. The minimum Gasteiger partial charge on any atom is -0.462 e. The van der Waals surface area contributed by atoms with Crippen molar-refractivity contribution in [2.45, 2.75) is 58.2 Å². The van der Waals surface area contributed by atoms with Gasteiger partial charge in [0.25, 0.3) is 0 Å². The van der Waals surface area contributed by atoms with Crippen molar-refractivity contribution in [1.29, 1.82) is 0 Å². The van der Waals surface area contributed by atoms with Gasteiger partial charge in [-0.05, 0) is 38.8 Å². The Morgan fingerprint density at radius 2 is 1.92 bits per heavy atom. The van der Waals surface area contributed by atoms with Crippen molar-refractivity contribution >= 4 is 36.6 Å². The number of para-hydroxylation sites is 1. The number of imidazole rings is 1. The molecule has 15 heteroatoms. The third-order valence-corrected chi connectivity index (χ3v) is 8.20. The summed E-state index contributed by atoms with van der Waals surface area (Å²) in [7, 11) is -4.21. The Kier molecular flexibility index (Phi) is 8.40. The number of fused-ring (bicyclic) bond motifs is 1. The SMILES string of the molecule is CC(C)OC(=O)[C@H](C)N[P@](=O)(OC[C@H]1[C@H](C)[C@@H](n2cnc3c(N)nc(N)nc32)[C@@H](F)[C@@H]1O)Oc1ccccc1. The van der Waals surface area contributed by atoms with E-state index in [9.17, 15) is 14.5 Å². The van der Waals surface area contributed by atoms with Crippen molar-refractivity contribution in [3.05, 3.63) is 36.7 Å². The van der Waals surface area contributed by atoms with Crippen molar-refractivity contribution in [2.75, 3.05) is 18.1 Å². The van der Waals surface area contributed by atoms with E-state index in [1.54, 1.807) is 51.1 Å². The lowest BCUT2D eigenvalue weighted by molar-refractivity contribution is -0.149. The van der Waals surface area contributed by atoms with Gasteiger partial charge < -0.3 is 30.4 Å². The van der Waals surface area contributed by atoms with Gasteiger partial charge in [0.05, 0.1) is 31.2 Å². The number of halogens is 1. The Hall–Kier alpha value is -3.32. The van der Waals surface area contributed by atoms with Gasteiger partial charge in [-0.15, -0.1) is 0 Å². The summed E-state index contributed by atoms with van der Waals surface area (Å²) >= 11 is 0. The first-order valence-corrected chi connectivity index (χ1v) is 14.0. The predicted octanol–water partition coefficient (Wildman–Crippen LogP) is 2.63. The van der Waals surface area contributed by atoms with Crippen LogP contribution in [0, 0.1) is 11.8 Å². The van der Waals surface area contributed by atoms with Gasteiger partial charge in [-0.25, -0.2) is 13.9 Å². The normalized spacial score (nSPS) is 25.5. The number of ether oxygens (including phenoxy) is 1. The van der Waals surface area contributed by atoms with Crippen LogP contribution in [0.3, 0.4) is 0 Å². The summed E-state index contributed by atoms with van der Waals surface area (Å²) in [6.07, 6.45) is -2.25. The number of nitrogens with one attached hydrogen (secondary N) is 1. The molecule has 1 saturated carbocycles. The maximum Gasteiger partial charge on any atom is 0.459 e. The van der Waals surface area contributed by atoms with Crippen molar-refractivity contribution in [3.63, 3.8) is 0 Å². The maximum atomic E-state index is 15.5. The topological polar surface area (TPSA) is 190 Å². The second-order valence-electron chi connectivity index (χ2n) is 9.77. The van der Waals surface area contributed by atoms with E-state index in [1.807, 2.05) is 0 Å². The van der Waals surface area contributed by atoms with Crippen LogP contribution in [0.5, 0.6) is 5.75 Å². The number of alkyl halides is 1. The summed E-state index contributed by atoms with van der Waals surface area (Å²) in [5.74, 6) is -1.84. The molecule has 1 fully saturated rings. The number of rotatable bonds is 10. The minimum absolute atomic E-state index is 0.0490. The monoisotopic (exact) mass is 565 g/mol. The fraction of sp³-hybridized carbons (Fsp3) is 0.500. The van der Waals surface area contributed by atoms with E-state index in [1.165, 1.54) is 17.8 Å². The van der Waals surface area contributed by atoms with Crippen molar-refractivity contribution in [1.82, 2.24) is 24.6 Å². The van der Waals surface area contributed by atoms with Gasteiger partial charge in [0, 0.05) is 5.92 Å². The Balaban J connectivity index is 1.56. The zero-order chi connectivity index (χ0) is 28.5. The lowest BCUT2D eigenvalue weighted by Gasteiger charge is -2.26. The number of hydrogen-bond acceptors (Lipinski definition) is 11. The minimum atomic E-state index is -4.21. The van der Waals surface area contributed by atoms with Crippen LogP contribution in [0.4, 0.5) is 16.2 Å². The van der Waals surface area contributed by atoms with E-state index in [0.29, 0.717) is 0 Å². The molecule has 0 bridgehead atoms. The number of carbonyl (C=O) groups is 1. The molecule has 0 amide bonds. The van der Waals surface area contributed by atoms with Crippen molar-refractivity contribution in [3.8, 4) is 5.75 Å². The largest absolute Gasteiger partial charge is 0.462 e. The lowest BCUT2D eigenvalue weighted by Crippen LogP contribution is -2.37. The van der Waals surface area contributed by atoms with Crippen LogP contribution in [0.1, 0.15) is 33.7 Å². The molecule has 2 heterocycles. The van der Waals surface area contributed by atoms with Crippen LogP contribution < -0.4 is 21.1 Å². The van der Waals surface area contributed by atoms with Crippen LogP contribution in [0.15, 0.2) is 36.7 Å². The maximum absolute atomic E-state index is 15.5. The molecule has 3 aromatic rings. The summed E-state index contributed by atoms with van der Waals surface area (Å²) in [6, 6.07) is 6.28. The van der Waals surface area contributed by atoms with Gasteiger partial charge in [-0.1, -0.05) is 25.1 Å². The number of hydrogen-bond donors (Lipinski definition) is 4. The van der Waals surface area contributed by atoms with Gasteiger partial charge in [0.15, 0.2) is 11.5 Å². The summed E-state index contributed by atoms with van der Waals surface area (Å²) in [5.41, 5.74) is 12.1. The summed E-state index contributed by atoms with van der Waals surface area (Å²) in [6.45, 7) is 6.20. The van der Waals surface area contributed by atoms with E-state index in [4.69, 9.17) is 25.3 Å². The number of aliphatic hydroxyl groups is 1. The summed E-state index contributed by atoms with van der Waals surface area (Å²) in [4.78, 5) is 24.6. The van der Waals surface area contributed by atoms with Crippen LogP contribution >= 0.6 is 7.75 Å². The lowest BCUT2D eigenvalue weighted by atomic mass is 9.95. The van der Waals surface area contributed by atoms with Crippen LogP contribution in [0.2, 0.25) is 0 Å². The molecule has 0 spiro atoms. The zero-order valence-corrected chi connectivity index (χ0v) is 22.9. The average molecular weight is 566 g/mol. The Morgan fingerprint density at radius 1 is 1.23 bits per heavy atom. The molecule has 2 aromatic heterocycles. The predicted molar refractivity (Wildman–Crippen MR) is 141 cm³/mol. The number of aromatic nitrogens is 4. The molecular weight excluding hydrogens is 532 g/mol. The Labute approximate surface area is 224 Å². The third-order valence-electron chi connectivity index (χ3n) is 6.56.